The summed E-state index contributed by atoms with van der Waals surface area (Å²) in [5, 5.41) is 2.78. The Morgan fingerprint density at radius 1 is 1.60 bits per heavy atom. The molecule has 15 heavy (non-hydrogen) atoms. The van der Waals surface area contributed by atoms with Gasteiger partial charge in [0.1, 0.15) is 12.1 Å². The number of fused-ring (bicyclic) bond motifs is 1. The van der Waals surface area contributed by atoms with E-state index in [0.717, 1.165) is 25.0 Å². The van der Waals surface area contributed by atoms with Crippen molar-refractivity contribution < 1.29 is 9.59 Å². The lowest BCUT2D eigenvalue weighted by molar-refractivity contribution is -0.146. The third-order valence-corrected chi connectivity index (χ3v) is 3.01. The van der Waals surface area contributed by atoms with E-state index < -0.39 is 0 Å². The molecule has 2 rings (SSSR count). The lowest BCUT2D eigenvalue weighted by Crippen LogP contribution is -2.61. The van der Waals surface area contributed by atoms with Crippen molar-refractivity contribution in [1.29, 1.82) is 0 Å². The third kappa shape index (κ3) is 1.76. The predicted molar refractivity (Wildman–Crippen MR) is 56.1 cm³/mol. The molecule has 0 spiro atoms. The van der Waals surface area contributed by atoms with Crippen molar-refractivity contribution in [2.45, 2.75) is 38.3 Å². The maximum absolute atomic E-state index is 12.0. The maximum Gasteiger partial charge on any atom is 0.246 e. The normalized spacial score (nSPS) is 30.1. The van der Waals surface area contributed by atoms with Gasteiger partial charge in [0.25, 0.3) is 0 Å². The molecule has 0 radical (unpaired) electrons. The minimum Gasteiger partial charge on any atom is -0.342 e. The molecule has 0 aromatic carbocycles. The third-order valence-electron chi connectivity index (χ3n) is 3.01. The molecule has 0 aliphatic carbocycles. The van der Waals surface area contributed by atoms with Crippen molar-refractivity contribution in [3.8, 4) is 0 Å². The molecule has 0 unspecified atom stereocenters. The number of hydrogen-bond donors (Lipinski definition) is 1. The van der Waals surface area contributed by atoms with Crippen molar-refractivity contribution in [1.82, 2.24) is 10.2 Å². The van der Waals surface area contributed by atoms with E-state index in [2.05, 4.69) is 11.9 Å². The van der Waals surface area contributed by atoms with E-state index in [1.807, 2.05) is 6.92 Å². The van der Waals surface area contributed by atoms with Crippen LogP contribution in [0, 0.1) is 0 Å². The number of carbonyl (C=O) groups is 2. The van der Waals surface area contributed by atoms with Gasteiger partial charge in [-0.15, -0.1) is 6.58 Å². The quantitative estimate of drug-likeness (QED) is 0.669. The minimum atomic E-state index is -0.385. The molecule has 82 valence electrons. The second kappa shape index (κ2) is 3.68. The highest BCUT2D eigenvalue weighted by molar-refractivity contribution is 5.97. The number of carbonyl (C=O) groups excluding carboxylic acids is 2. The summed E-state index contributed by atoms with van der Waals surface area (Å²) in [5.41, 5.74) is 0.922. The van der Waals surface area contributed by atoms with Crippen LogP contribution in [0.4, 0.5) is 0 Å². The van der Waals surface area contributed by atoms with E-state index in [-0.39, 0.29) is 23.9 Å². The molecule has 2 aliphatic heterocycles. The first-order chi connectivity index (χ1) is 7.09. The minimum absolute atomic E-state index is 0.00153. The van der Waals surface area contributed by atoms with Gasteiger partial charge in [-0.1, -0.05) is 5.57 Å². The average molecular weight is 208 g/mol. The van der Waals surface area contributed by atoms with Crippen molar-refractivity contribution >= 4 is 11.8 Å². The van der Waals surface area contributed by atoms with Crippen molar-refractivity contribution in [3.63, 3.8) is 0 Å². The molecule has 0 aromatic rings. The van der Waals surface area contributed by atoms with Crippen LogP contribution in [0.25, 0.3) is 0 Å². The van der Waals surface area contributed by atoms with Gasteiger partial charge in [0.15, 0.2) is 0 Å². The van der Waals surface area contributed by atoms with Gasteiger partial charge >= 0.3 is 0 Å². The second-order valence-corrected chi connectivity index (χ2v) is 4.41. The summed E-state index contributed by atoms with van der Waals surface area (Å²) in [6.45, 7) is 6.37. The molecular weight excluding hydrogens is 192 g/mol. The number of nitrogens with one attached hydrogen (secondary N) is 1. The standard InChI is InChI=1S/C11H16N2O2/c1-7(2)6-8-11(15)13-5-3-4-9(13)10(14)12-8/h8-9H,1,3-6H2,2H3,(H,12,14)/t8-,9-/m0/s1. The van der Waals surface area contributed by atoms with Crippen LogP contribution in [0.3, 0.4) is 0 Å². The molecule has 0 aromatic heterocycles. The first kappa shape index (κ1) is 10.2. The molecule has 2 amide bonds. The van der Waals surface area contributed by atoms with Crippen molar-refractivity contribution in [2.75, 3.05) is 6.54 Å². The van der Waals surface area contributed by atoms with Crippen LogP contribution in [-0.2, 0) is 9.59 Å². The fraction of sp³-hybridized carbons (Fsp3) is 0.636. The molecule has 4 nitrogen and oxygen atoms in total. The Morgan fingerprint density at radius 3 is 3.00 bits per heavy atom. The SMILES string of the molecule is C=C(C)C[C@@H]1NC(=O)[C@@H]2CCCN2C1=O. The van der Waals surface area contributed by atoms with E-state index in [1.54, 1.807) is 4.90 Å². The van der Waals surface area contributed by atoms with E-state index in [9.17, 15) is 9.59 Å². The summed E-state index contributed by atoms with van der Waals surface area (Å²) in [7, 11) is 0. The molecular formula is C11H16N2O2. The van der Waals surface area contributed by atoms with Crippen molar-refractivity contribution in [2.24, 2.45) is 0 Å². The number of nitrogens with zero attached hydrogens (tertiary/aromatic N) is 1. The van der Waals surface area contributed by atoms with Crippen molar-refractivity contribution in [3.05, 3.63) is 12.2 Å². The van der Waals surface area contributed by atoms with Gasteiger partial charge in [-0.25, -0.2) is 0 Å². The van der Waals surface area contributed by atoms with Gasteiger partial charge in [-0.2, -0.15) is 0 Å². The highest BCUT2D eigenvalue weighted by Crippen LogP contribution is 2.23. The summed E-state index contributed by atoms with van der Waals surface area (Å²) in [6.07, 6.45) is 2.29. The molecule has 2 aliphatic rings. The van der Waals surface area contributed by atoms with Gasteiger partial charge in [0, 0.05) is 6.54 Å². The Labute approximate surface area is 89.3 Å². The van der Waals surface area contributed by atoms with Crippen LogP contribution in [-0.4, -0.2) is 35.3 Å². The second-order valence-electron chi connectivity index (χ2n) is 4.41. The molecule has 2 atom stereocenters. The Morgan fingerprint density at radius 2 is 2.33 bits per heavy atom. The topological polar surface area (TPSA) is 49.4 Å². The molecule has 0 saturated carbocycles. The number of rotatable bonds is 2. The van der Waals surface area contributed by atoms with E-state index in [1.165, 1.54) is 0 Å². The fourth-order valence-electron chi connectivity index (χ4n) is 2.32. The average Bonchev–Trinajstić information content (AvgIpc) is 2.61. The van der Waals surface area contributed by atoms with Crippen LogP contribution in [0.5, 0.6) is 0 Å². The Kier molecular flexibility index (Phi) is 2.50. The lowest BCUT2D eigenvalue weighted by Gasteiger charge is -2.34. The lowest BCUT2D eigenvalue weighted by atomic mass is 10.0. The Bertz CT molecular complexity index is 325. The highest BCUT2D eigenvalue weighted by Gasteiger charge is 2.42. The summed E-state index contributed by atoms with van der Waals surface area (Å²) >= 11 is 0. The van der Waals surface area contributed by atoms with Crippen LogP contribution >= 0.6 is 0 Å². The fourth-order valence-corrected chi connectivity index (χ4v) is 2.32. The Hall–Kier alpha value is -1.32. The van der Waals surface area contributed by atoms with Gasteiger partial charge < -0.3 is 10.2 Å². The zero-order valence-corrected chi connectivity index (χ0v) is 8.95. The smallest absolute Gasteiger partial charge is 0.246 e. The van der Waals surface area contributed by atoms with Gasteiger partial charge in [0.2, 0.25) is 11.8 Å². The molecule has 0 bridgehead atoms. The summed E-state index contributed by atoms with van der Waals surface area (Å²) < 4.78 is 0. The number of piperazine rings is 1. The Balaban J connectivity index is 2.13. The zero-order valence-electron chi connectivity index (χ0n) is 8.95. The summed E-state index contributed by atoms with van der Waals surface area (Å²) in [6, 6.07) is -0.594. The van der Waals surface area contributed by atoms with Crippen LogP contribution in [0.1, 0.15) is 26.2 Å². The predicted octanol–water partition coefficient (Wildman–Crippen LogP) is 0.442. The summed E-state index contributed by atoms with van der Waals surface area (Å²) in [4.78, 5) is 25.4. The molecule has 4 heteroatoms. The molecule has 2 fully saturated rings. The number of amides is 2. The number of hydrogen-bond acceptors (Lipinski definition) is 2. The molecule has 1 N–H and O–H groups in total. The maximum atomic E-state index is 12.0. The van der Waals surface area contributed by atoms with Crippen LogP contribution < -0.4 is 5.32 Å². The molecule has 2 heterocycles. The molecule has 2 saturated heterocycles. The van der Waals surface area contributed by atoms with E-state index >= 15 is 0 Å². The highest BCUT2D eigenvalue weighted by atomic mass is 16.2. The van der Waals surface area contributed by atoms with E-state index in [0.29, 0.717) is 6.42 Å². The van der Waals surface area contributed by atoms with Gasteiger partial charge in [-0.3, -0.25) is 9.59 Å². The largest absolute Gasteiger partial charge is 0.342 e. The van der Waals surface area contributed by atoms with E-state index in [4.69, 9.17) is 0 Å². The van der Waals surface area contributed by atoms with Gasteiger partial charge in [0.05, 0.1) is 0 Å². The monoisotopic (exact) mass is 208 g/mol. The van der Waals surface area contributed by atoms with Crippen LogP contribution in [0.15, 0.2) is 12.2 Å². The first-order valence-corrected chi connectivity index (χ1v) is 5.35. The summed E-state index contributed by atoms with van der Waals surface area (Å²) in [5.74, 6) is 0.0541. The first-order valence-electron chi connectivity index (χ1n) is 5.35. The van der Waals surface area contributed by atoms with Gasteiger partial charge in [-0.05, 0) is 26.2 Å². The van der Waals surface area contributed by atoms with Crippen LogP contribution in [0.2, 0.25) is 0 Å². The zero-order chi connectivity index (χ0) is 11.0.